The average molecular weight is 323 g/mol. The molecule has 0 saturated carbocycles. The van der Waals surface area contributed by atoms with E-state index in [1.165, 1.54) is 0 Å². The van der Waals surface area contributed by atoms with Crippen LogP contribution >= 0.6 is 0 Å². The van der Waals surface area contributed by atoms with E-state index in [0.29, 0.717) is 16.9 Å². The van der Waals surface area contributed by atoms with Crippen molar-refractivity contribution in [1.29, 1.82) is 0 Å². The number of rotatable bonds is 2. The topological polar surface area (TPSA) is 58.6 Å². The maximum atomic E-state index is 12.9. The summed E-state index contributed by atoms with van der Waals surface area (Å²) in [5.74, 6) is 0.708. The molecule has 0 saturated heterocycles. The number of hydrogen-bond donors (Lipinski definition) is 2. The van der Waals surface area contributed by atoms with E-state index in [2.05, 4.69) is 5.32 Å². The molecule has 1 aliphatic rings. The van der Waals surface area contributed by atoms with Crippen molar-refractivity contribution in [2.24, 2.45) is 0 Å². The van der Waals surface area contributed by atoms with Crippen molar-refractivity contribution in [3.8, 4) is 11.5 Å². The zero-order valence-corrected chi connectivity index (χ0v) is 14.0. The highest BCUT2D eigenvalue weighted by Crippen LogP contribution is 2.38. The summed E-state index contributed by atoms with van der Waals surface area (Å²) in [5, 5.41) is 12.8. The molecule has 1 atom stereocenters. The van der Waals surface area contributed by atoms with Crippen LogP contribution in [0.1, 0.15) is 42.8 Å². The Balaban J connectivity index is 2.06. The minimum absolute atomic E-state index is 0.0494. The van der Waals surface area contributed by atoms with E-state index < -0.39 is 6.10 Å². The lowest BCUT2D eigenvalue weighted by molar-refractivity contribution is 0.0959. The predicted molar refractivity (Wildman–Crippen MR) is 93.2 cm³/mol. The number of benzene rings is 2. The lowest BCUT2D eigenvalue weighted by atomic mass is 9.91. The predicted octanol–water partition coefficient (Wildman–Crippen LogP) is 3.98. The van der Waals surface area contributed by atoms with Crippen molar-refractivity contribution in [3.05, 3.63) is 71.4 Å². The molecule has 2 aromatic carbocycles. The molecule has 0 amide bonds. The molecular formula is C20H21NO3. The Morgan fingerprint density at radius 2 is 1.75 bits per heavy atom. The number of nitrogens with one attached hydrogen (secondary N) is 1. The SMILES string of the molecule is CC(C)(C)NC=C1C(=O)c2ccccc2OC1c1ccc(O)cc1. The van der Waals surface area contributed by atoms with Gasteiger partial charge in [0.2, 0.25) is 0 Å². The summed E-state index contributed by atoms with van der Waals surface area (Å²) in [6.07, 6.45) is 1.23. The van der Waals surface area contributed by atoms with Crippen LogP contribution in [0.2, 0.25) is 0 Å². The van der Waals surface area contributed by atoms with Gasteiger partial charge in [0.15, 0.2) is 11.9 Å². The van der Waals surface area contributed by atoms with Crippen LogP contribution in [-0.4, -0.2) is 16.4 Å². The third kappa shape index (κ3) is 3.27. The maximum Gasteiger partial charge on any atom is 0.198 e. The number of phenolic OH excluding ortho intramolecular Hbond substituents is 1. The number of carbonyl (C=O) groups excluding carboxylic acids is 1. The van der Waals surface area contributed by atoms with Gasteiger partial charge in [-0.15, -0.1) is 0 Å². The monoisotopic (exact) mass is 323 g/mol. The summed E-state index contributed by atoms with van der Waals surface area (Å²) >= 11 is 0. The highest BCUT2D eigenvalue weighted by Gasteiger charge is 2.33. The second-order valence-electron chi connectivity index (χ2n) is 6.91. The fraction of sp³-hybridized carbons (Fsp3) is 0.250. The molecule has 0 aliphatic carbocycles. The van der Waals surface area contributed by atoms with Gasteiger partial charge in [-0.05, 0) is 50.6 Å². The van der Waals surface area contributed by atoms with Crippen molar-refractivity contribution in [3.63, 3.8) is 0 Å². The molecule has 124 valence electrons. The van der Waals surface area contributed by atoms with Gasteiger partial charge >= 0.3 is 0 Å². The fourth-order valence-electron chi connectivity index (χ4n) is 2.55. The lowest BCUT2D eigenvalue weighted by Crippen LogP contribution is -2.34. The summed E-state index contributed by atoms with van der Waals surface area (Å²) < 4.78 is 6.10. The summed E-state index contributed by atoms with van der Waals surface area (Å²) in [5.41, 5.74) is 1.77. The molecule has 2 N–H and O–H groups in total. The van der Waals surface area contributed by atoms with E-state index in [0.717, 1.165) is 5.56 Å². The smallest absolute Gasteiger partial charge is 0.198 e. The third-order valence-corrected chi connectivity index (χ3v) is 3.78. The van der Waals surface area contributed by atoms with Crippen LogP contribution in [-0.2, 0) is 0 Å². The Bertz CT molecular complexity index is 785. The Labute approximate surface area is 141 Å². The van der Waals surface area contributed by atoms with Crippen LogP contribution in [0.5, 0.6) is 11.5 Å². The number of carbonyl (C=O) groups is 1. The van der Waals surface area contributed by atoms with Gasteiger partial charge in [0, 0.05) is 11.7 Å². The van der Waals surface area contributed by atoms with Gasteiger partial charge in [-0.1, -0.05) is 24.3 Å². The van der Waals surface area contributed by atoms with Crippen LogP contribution in [0.4, 0.5) is 0 Å². The molecule has 1 unspecified atom stereocenters. The Morgan fingerprint density at radius 3 is 2.42 bits per heavy atom. The fourth-order valence-corrected chi connectivity index (χ4v) is 2.55. The normalized spacial score (nSPS) is 18.9. The van der Waals surface area contributed by atoms with Gasteiger partial charge in [0.25, 0.3) is 0 Å². The maximum absolute atomic E-state index is 12.9. The van der Waals surface area contributed by atoms with Crippen molar-refractivity contribution in [1.82, 2.24) is 5.32 Å². The lowest BCUT2D eigenvalue weighted by Gasteiger charge is -2.29. The second-order valence-corrected chi connectivity index (χ2v) is 6.91. The van der Waals surface area contributed by atoms with Crippen LogP contribution in [0.3, 0.4) is 0 Å². The van der Waals surface area contributed by atoms with E-state index in [1.807, 2.05) is 32.9 Å². The number of hydrogen-bond acceptors (Lipinski definition) is 4. The zero-order valence-electron chi connectivity index (χ0n) is 14.0. The Kier molecular flexibility index (Phi) is 4.06. The molecule has 0 aromatic heterocycles. The van der Waals surface area contributed by atoms with E-state index in [1.54, 1.807) is 42.6 Å². The van der Waals surface area contributed by atoms with Crippen LogP contribution < -0.4 is 10.1 Å². The standard InChI is InChI=1S/C20H21NO3/c1-20(2,3)21-12-16-18(23)15-6-4-5-7-17(15)24-19(16)13-8-10-14(22)11-9-13/h4-12,19,21-22H,1-3H3. The summed E-state index contributed by atoms with van der Waals surface area (Å²) in [6, 6.07) is 14.0. The third-order valence-electron chi connectivity index (χ3n) is 3.78. The quantitative estimate of drug-likeness (QED) is 0.821. The molecule has 4 nitrogen and oxygen atoms in total. The molecule has 0 bridgehead atoms. The molecule has 0 radical (unpaired) electrons. The van der Waals surface area contributed by atoms with E-state index in [4.69, 9.17) is 4.74 Å². The van der Waals surface area contributed by atoms with Crippen LogP contribution in [0, 0.1) is 0 Å². The van der Waals surface area contributed by atoms with Crippen molar-refractivity contribution >= 4 is 5.78 Å². The minimum Gasteiger partial charge on any atom is -0.508 e. The molecule has 24 heavy (non-hydrogen) atoms. The molecule has 4 heteroatoms. The highest BCUT2D eigenvalue weighted by atomic mass is 16.5. The van der Waals surface area contributed by atoms with Crippen molar-refractivity contribution in [2.75, 3.05) is 0 Å². The molecule has 0 spiro atoms. The first-order valence-electron chi connectivity index (χ1n) is 7.92. The first-order chi connectivity index (χ1) is 11.3. The van der Waals surface area contributed by atoms with Gasteiger partial charge in [-0.3, -0.25) is 4.79 Å². The van der Waals surface area contributed by atoms with Crippen molar-refractivity contribution in [2.45, 2.75) is 32.4 Å². The number of para-hydroxylation sites is 1. The van der Waals surface area contributed by atoms with Gasteiger partial charge in [0.1, 0.15) is 11.5 Å². The number of ketones is 1. The second kappa shape index (κ2) is 6.04. The van der Waals surface area contributed by atoms with Crippen LogP contribution in [0.15, 0.2) is 60.3 Å². The molecule has 3 rings (SSSR count). The van der Waals surface area contributed by atoms with Gasteiger partial charge in [0.05, 0.1) is 11.1 Å². The van der Waals surface area contributed by atoms with E-state index >= 15 is 0 Å². The number of Topliss-reactive ketones (excluding diaryl/α,β-unsaturated/α-hetero) is 1. The Hall–Kier alpha value is -2.75. The largest absolute Gasteiger partial charge is 0.508 e. The molecular weight excluding hydrogens is 302 g/mol. The molecule has 2 aromatic rings. The molecule has 1 aliphatic heterocycles. The first-order valence-corrected chi connectivity index (χ1v) is 7.92. The summed E-state index contributed by atoms with van der Waals surface area (Å²) in [4.78, 5) is 12.9. The van der Waals surface area contributed by atoms with Gasteiger partial charge < -0.3 is 15.2 Å². The summed E-state index contributed by atoms with van der Waals surface area (Å²) in [7, 11) is 0. The van der Waals surface area contributed by atoms with Crippen LogP contribution in [0.25, 0.3) is 0 Å². The number of fused-ring (bicyclic) bond motifs is 1. The highest BCUT2D eigenvalue weighted by molar-refractivity contribution is 6.12. The van der Waals surface area contributed by atoms with Gasteiger partial charge in [-0.2, -0.15) is 0 Å². The van der Waals surface area contributed by atoms with E-state index in [9.17, 15) is 9.90 Å². The number of phenols is 1. The summed E-state index contributed by atoms with van der Waals surface area (Å²) in [6.45, 7) is 6.09. The minimum atomic E-state index is -0.511. The average Bonchev–Trinajstić information content (AvgIpc) is 2.54. The molecule has 0 fully saturated rings. The van der Waals surface area contributed by atoms with Gasteiger partial charge in [-0.25, -0.2) is 0 Å². The molecule has 1 heterocycles. The Morgan fingerprint density at radius 1 is 1.08 bits per heavy atom. The zero-order chi connectivity index (χ0) is 17.3. The first kappa shape index (κ1) is 16.1. The van der Waals surface area contributed by atoms with E-state index in [-0.39, 0.29) is 17.1 Å². The number of ether oxygens (including phenoxy) is 1. The van der Waals surface area contributed by atoms with Crippen molar-refractivity contribution < 1.29 is 14.6 Å². The number of aromatic hydroxyl groups is 1.